The average molecular weight is 187 g/mol. The highest BCUT2D eigenvalue weighted by Gasteiger charge is 2.67. The molecule has 1 unspecified atom stereocenters. The molecule has 1 aliphatic carbocycles. The van der Waals surface area contributed by atoms with Crippen LogP contribution in [0.25, 0.3) is 0 Å². The average Bonchev–Trinajstić information content (AvgIpc) is 2.08. The fourth-order valence-electron chi connectivity index (χ4n) is 0.613. The molecule has 0 amide bonds. The smallest absolute Gasteiger partial charge is 0.230 e. The maximum absolute atomic E-state index is 10.5. The Morgan fingerprint density at radius 1 is 1.56 bits per heavy atom. The number of carbonyl (C=O) groups is 1. The van der Waals surface area contributed by atoms with Crippen molar-refractivity contribution < 1.29 is 4.79 Å². The summed E-state index contributed by atoms with van der Waals surface area (Å²) < 4.78 is -0.911. The normalized spacial score (nSPS) is 38.2. The van der Waals surface area contributed by atoms with Gasteiger partial charge in [-0.25, -0.2) is 0 Å². The van der Waals surface area contributed by atoms with Crippen molar-refractivity contribution in [1.29, 1.82) is 0 Å². The van der Waals surface area contributed by atoms with E-state index in [2.05, 4.69) is 0 Å². The van der Waals surface area contributed by atoms with Crippen LogP contribution in [0.15, 0.2) is 0 Å². The van der Waals surface area contributed by atoms with Crippen molar-refractivity contribution in [3.8, 4) is 0 Å². The second kappa shape index (κ2) is 1.77. The van der Waals surface area contributed by atoms with E-state index in [1.165, 1.54) is 0 Å². The Balaban J connectivity index is 2.74. The number of carbonyl (C=O) groups excluding carboxylic acids is 1. The zero-order chi connectivity index (χ0) is 7.28. The lowest BCUT2D eigenvalue weighted by Gasteiger charge is -2.02. The summed E-state index contributed by atoms with van der Waals surface area (Å²) in [6.45, 7) is 1.66. The molecule has 0 aromatic rings. The lowest BCUT2D eigenvalue weighted by atomic mass is 10.2. The second-order valence-corrected chi connectivity index (χ2v) is 4.31. The predicted molar refractivity (Wildman–Crippen MR) is 38.0 cm³/mol. The minimum Gasteiger partial charge on any atom is -0.281 e. The maximum Gasteiger partial charge on any atom is 0.230 e. The highest BCUT2D eigenvalue weighted by atomic mass is 35.5. The van der Waals surface area contributed by atoms with Crippen LogP contribution in [-0.4, -0.2) is 9.58 Å². The van der Waals surface area contributed by atoms with Gasteiger partial charge in [0.15, 0.2) is 0 Å². The van der Waals surface area contributed by atoms with Gasteiger partial charge in [-0.05, 0) is 24.9 Å². The molecule has 1 nitrogen and oxygen atoms in total. The van der Waals surface area contributed by atoms with E-state index in [-0.39, 0.29) is 0 Å². The predicted octanol–water partition coefficient (Wildman–Crippen LogP) is 2.34. The van der Waals surface area contributed by atoms with Gasteiger partial charge in [0.2, 0.25) is 5.24 Å². The standard InChI is InChI=1S/C5H5Cl3O/c1-4(3(6)9)2-5(4,7)8/h2H2,1H3. The van der Waals surface area contributed by atoms with Gasteiger partial charge in [0.1, 0.15) is 4.33 Å². The first kappa shape index (κ1) is 7.64. The fraction of sp³-hybridized carbons (Fsp3) is 0.800. The van der Waals surface area contributed by atoms with Crippen LogP contribution in [0.1, 0.15) is 13.3 Å². The third-order valence-corrected chi connectivity index (χ3v) is 3.21. The van der Waals surface area contributed by atoms with E-state index < -0.39 is 15.0 Å². The topological polar surface area (TPSA) is 17.1 Å². The molecule has 1 atom stereocenters. The lowest BCUT2D eigenvalue weighted by molar-refractivity contribution is -0.115. The van der Waals surface area contributed by atoms with Gasteiger partial charge in [0.05, 0.1) is 5.41 Å². The fourth-order valence-corrected chi connectivity index (χ4v) is 1.64. The van der Waals surface area contributed by atoms with E-state index in [9.17, 15) is 4.79 Å². The maximum atomic E-state index is 10.5. The Kier molecular flexibility index (Phi) is 1.51. The Labute approximate surface area is 68.3 Å². The largest absolute Gasteiger partial charge is 0.281 e. The van der Waals surface area contributed by atoms with Crippen LogP contribution in [0.3, 0.4) is 0 Å². The molecule has 52 valence electrons. The van der Waals surface area contributed by atoms with Crippen LogP contribution >= 0.6 is 34.8 Å². The number of hydrogen-bond donors (Lipinski definition) is 0. The van der Waals surface area contributed by atoms with Crippen molar-refractivity contribution in [2.75, 3.05) is 0 Å². The van der Waals surface area contributed by atoms with Gasteiger partial charge in [-0.3, -0.25) is 4.79 Å². The van der Waals surface area contributed by atoms with Crippen LogP contribution in [0.5, 0.6) is 0 Å². The zero-order valence-electron chi connectivity index (χ0n) is 4.75. The van der Waals surface area contributed by atoms with Crippen LogP contribution < -0.4 is 0 Å². The molecule has 0 aromatic carbocycles. The Morgan fingerprint density at radius 3 is 1.89 bits per heavy atom. The molecule has 1 fully saturated rings. The Morgan fingerprint density at radius 2 is 1.89 bits per heavy atom. The van der Waals surface area contributed by atoms with E-state index in [0.29, 0.717) is 6.42 Å². The van der Waals surface area contributed by atoms with Crippen molar-refractivity contribution >= 4 is 40.0 Å². The van der Waals surface area contributed by atoms with Gasteiger partial charge in [-0.2, -0.15) is 0 Å². The molecule has 0 aromatic heterocycles. The van der Waals surface area contributed by atoms with Gasteiger partial charge in [-0.15, -0.1) is 23.2 Å². The number of hydrogen-bond acceptors (Lipinski definition) is 1. The number of halogens is 3. The minimum atomic E-state index is -0.911. The molecule has 1 saturated carbocycles. The third-order valence-electron chi connectivity index (χ3n) is 1.69. The van der Waals surface area contributed by atoms with Gasteiger partial charge in [0.25, 0.3) is 0 Å². The first-order chi connectivity index (χ1) is 3.90. The monoisotopic (exact) mass is 186 g/mol. The summed E-state index contributed by atoms with van der Waals surface area (Å²) >= 11 is 16.4. The van der Waals surface area contributed by atoms with E-state index in [1.807, 2.05) is 0 Å². The molecule has 0 spiro atoms. The van der Waals surface area contributed by atoms with Gasteiger partial charge in [-0.1, -0.05) is 0 Å². The number of rotatable bonds is 1. The summed E-state index contributed by atoms with van der Waals surface area (Å²) in [6.07, 6.45) is 0.464. The molecule has 0 aliphatic heterocycles. The molecule has 9 heavy (non-hydrogen) atoms. The Bertz CT molecular complexity index is 166. The molecular formula is C5H5Cl3O. The SMILES string of the molecule is CC1(C(=O)Cl)CC1(Cl)Cl. The minimum absolute atomic E-state index is 0.451. The zero-order valence-corrected chi connectivity index (χ0v) is 7.02. The van der Waals surface area contributed by atoms with Crippen LogP contribution in [0.4, 0.5) is 0 Å². The Hall–Kier alpha value is 0.540. The quantitative estimate of drug-likeness (QED) is 0.455. The van der Waals surface area contributed by atoms with E-state index in [4.69, 9.17) is 34.8 Å². The number of alkyl halides is 2. The molecule has 0 radical (unpaired) electrons. The summed E-state index contributed by atoms with van der Waals surface area (Å²) in [4.78, 5) is 10.5. The van der Waals surface area contributed by atoms with Crippen LogP contribution in [0.2, 0.25) is 0 Å². The van der Waals surface area contributed by atoms with Crippen molar-refractivity contribution in [1.82, 2.24) is 0 Å². The van der Waals surface area contributed by atoms with Crippen molar-refractivity contribution in [2.24, 2.45) is 5.41 Å². The molecule has 0 heterocycles. The highest BCUT2D eigenvalue weighted by Crippen LogP contribution is 2.64. The van der Waals surface area contributed by atoms with Gasteiger partial charge in [0, 0.05) is 0 Å². The third kappa shape index (κ3) is 0.957. The van der Waals surface area contributed by atoms with E-state index in [0.717, 1.165) is 0 Å². The summed E-state index contributed by atoms with van der Waals surface area (Å²) in [7, 11) is 0. The summed E-state index contributed by atoms with van der Waals surface area (Å²) in [5.74, 6) is 0. The van der Waals surface area contributed by atoms with Crippen LogP contribution in [0, 0.1) is 5.41 Å². The summed E-state index contributed by atoms with van der Waals surface area (Å²) in [5.41, 5.74) is -0.697. The first-order valence-corrected chi connectivity index (χ1v) is 3.61. The molecule has 0 saturated heterocycles. The van der Waals surface area contributed by atoms with Gasteiger partial charge >= 0.3 is 0 Å². The van der Waals surface area contributed by atoms with Crippen molar-refractivity contribution in [3.63, 3.8) is 0 Å². The molecule has 1 aliphatic rings. The van der Waals surface area contributed by atoms with Crippen LogP contribution in [-0.2, 0) is 4.79 Å². The molecule has 0 bridgehead atoms. The first-order valence-electron chi connectivity index (χ1n) is 2.48. The van der Waals surface area contributed by atoms with Crippen molar-refractivity contribution in [2.45, 2.75) is 17.7 Å². The summed E-state index contributed by atoms with van der Waals surface area (Å²) in [5, 5.41) is -0.451. The molecule has 0 N–H and O–H groups in total. The molecule has 4 heteroatoms. The van der Waals surface area contributed by atoms with E-state index in [1.54, 1.807) is 6.92 Å². The van der Waals surface area contributed by atoms with Gasteiger partial charge < -0.3 is 0 Å². The molecular weight excluding hydrogens is 182 g/mol. The second-order valence-electron chi connectivity index (χ2n) is 2.49. The lowest BCUT2D eigenvalue weighted by Crippen LogP contribution is -2.11. The van der Waals surface area contributed by atoms with Crippen molar-refractivity contribution in [3.05, 3.63) is 0 Å². The highest BCUT2D eigenvalue weighted by molar-refractivity contribution is 6.68. The summed E-state index contributed by atoms with van der Waals surface area (Å²) in [6, 6.07) is 0. The molecule has 1 rings (SSSR count). The van der Waals surface area contributed by atoms with E-state index >= 15 is 0 Å².